The summed E-state index contributed by atoms with van der Waals surface area (Å²) in [5, 5.41) is 4.17. The standard InChI is InChI=1S/C32H30N4O2/c1-22(33)26-12-7-9-23(19-26)21-36-28-13-8-14-30(38-3)27(28)20-29(36)32(37)34-31(24-10-5-4-6-11-24)25-15-17-35(2)18-16-25/h4-20,31H,1,21,33H2,2-3H3/p+1. The van der Waals surface area contributed by atoms with Gasteiger partial charge in [-0.2, -0.15) is 0 Å². The first-order chi connectivity index (χ1) is 18.4. The van der Waals surface area contributed by atoms with Crippen LogP contribution in [0.15, 0.2) is 110 Å². The van der Waals surface area contributed by atoms with Crippen LogP contribution in [0.5, 0.6) is 5.75 Å². The van der Waals surface area contributed by atoms with Crippen molar-refractivity contribution in [2.75, 3.05) is 7.11 Å². The maximum atomic E-state index is 14.0. The fourth-order valence-corrected chi connectivity index (χ4v) is 4.76. The van der Waals surface area contributed by atoms with Crippen LogP contribution >= 0.6 is 0 Å². The smallest absolute Gasteiger partial charge is 0.268 e. The topological polar surface area (TPSA) is 73.2 Å². The number of fused-ring (bicyclic) bond motifs is 1. The Kier molecular flexibility index (Phi) is 6.96. The minimum atomic E-state index is -0.317. The maximum absolute atomic E-state index is 14.0. The first-order valence-corrected chi connectivity index (χ1v) is 12.5. The third-order valence-corrected chi connectivity index (χ3v) is 6.74. The van der Waals surface area contributed by atoms with Crippen molar-refractivity contribution in [1.82, 2.24) is 9.88 Å². The average Bonchev–Trinajstić information content (AvgIpc) is 3.31. The quantitative estimate of drug-likeness (QED) is 0.294. The molecule has 1 amide bonds. The second-order valence-electron chi connectivity index (χ2n) is 9.35. The molecule has 0 aliphatic rings. The van der Waals surface area contributed by atoms with Crippen molar-refractivity contribution < 1.29 is 14.1 Å². The predicted molar refractivity (Wildman–Crippen MR) is 151 cm³/mol. The van der Waals surface area contributed by atoms with Crippen molar-refractivity contribution in [1.29, 1.82) is 0 Å². The third-order valence-electron chi connectivity index (χ3n) is 6.74. The molecule has 0 aliphatic heterocycles. The Morgan fingerprint density at radius 3 is 2.39 bits per heavy atom. The molecule has 5 aromatic rings. The van der Waals surface area contributed by atoms with E-state index in [4.69, 9.17) is 10.5 Å². The lowest BCUT2D eigenvalue weighted by Crippen LogP contribution is -2.32. The Bertz CT molecular complexity index is 1600. The van der Waals surface area contributed by atoms with E-state index in [1.54, 1.807) is 7.11 Å². The molecule has 5 rings (SSSR count). The molecule has 6 nitrogen and oxygen atoms in total. The Labute approximate surface area is 222 Å². The normalized spacial score (nSPS) is 11.7. The van der Waals surface area contributed by atoms with E-state index >= 15 is 0 Å². The van der Waals surface area contributed by atoms with Crippen molar-refractivity contribution in [2.45, 2.75) is 12.6 Å². The molecule has 0 bridgehead atoms. The van der Waals surface area contributed by atoms with Crippen molar-refractivity contribution >= 4 is 22.5 Å². The highest BCUT2D eigenvalue weighted by atomic mass is 16.5. The van der Waals surface area contributed by atoms with E-state index in [0.717, 1.165) is 38.9 Å². The number of hydrogen-bond donors (Lipinski definition) is 2. The monoisotopic (exact) mass is 503 g/mol. The van der Waals surface area contributed by atoms with E-state index < -0.39 is 0 Å². The first-order valence-electron chi connectivity index (χ1n) is 12.5. The van der Waals surface area contributed by atoms with Gasteiger partial charge in [-0.25, -0.2) is 4.57 Å². The Morgan fingerprint density at radius 1 is 0.974 bits per heavy atom. The predicted octanol–water partition coefficient (Wildman–Crippen LogP) is 4.97. The number of rotatable bonds is 8. The van der Waals surface area contributed by atoms with Crippen molar-refractivity contribution in [3.63, 3.8) is 0 Å². The molecule has 3 aromatic carbocycles. The van der Waals surface area contributed by atoms with Crippen LogP contribution in [-0.2, 0) is 13.6 Å². The van der Waals surface area contributed by atoms with Crippen LogP contribution in [0.2, 0.25) is 0 Å². The van der Waals surface area contributed by atoms with E-state index in [1.165, 1.54) is 0 Å². The molecular formula is C32H31N4O2+. The molecule has 1 unspecified atom stereocenters. The number of benzene rings is 3. The lowest BCUT2D eigenvalue weighted by molar-refractivity contribution is -0.671. The molecule has 0 spiro atoms. The summed E-state index contributed by atoms with van der Waals surface area (Å²) in [6.45, 7) is 4.35. The minimum Gasteiger partial charge on any atom is -0.496 e. The van der Waals surface area contributed by atoms with Crippen LogP contribution in [0.25, 0.3) is 16.6 Å². The number of aryl methyl sites for hydroxylation is 1. The van der Waals surface area contributed by atoms with E-state index in [1.807, 2.05) is 120 Å². The summed E-state index contributed by atoms with van der Waals surface area (Å²) in [7, 11) is 3.61. The van der Waals surface area contributed by atoms with Crippen LogP contribution in [-0.4, -0.2) is 17.6 Å². The molecule has 38 heavy (non-hydrogen) atoms. The summed E-state index contributed by atoms with van der Waals surface area (Å²) in [6, 6.07) is 29.4. The van der Waals surface area contributed by atoms with Gasteiger partial charge in [0.05, 0.1) is 18.7 Å². The van der Waals surface area contributed by atoms with Gasteiger partial charge in [0.25, 0.3) is 5.91 Å². The Balaban J connectivity index is 1.59. The third kappa shape index (κ3) is 5.02. The summed E-state index contributed by atoms with van der Waals surface area (Å²) in [5.41, 5.74) is 11.8. The highest BCUT2D eigenvalue weighted by molar-refractivity contribution is 6.01. The van der Waals surface area contributed by atoms with E-state index in [-0.39, 0.29) is 11.9 Å². The van der Waals surface area contributed by atoms with Gasteiger partial charge in [0.15, 0.2) is 12.4 Å². The van der Waals surface area contributed by atoms with Gasteiger partial charge in [-0.15, -0.1) is 0 Å². The van der Waals surface area contributed by atoms with Gasteiger partial charge in [0, 0.05) is 29.8 Å². The summed E-state index contributed by atoms with van der Waals surface area (Å²) >= 11 is 0. The fraction of sp³-hybridized carbons (Fsp3) is 0.125. The minimum absolute atomic E-state index is 0.176. The molecule has 2 aromatic heterocycles. The highest BCUT2D eigenvalue weighted by Crippen LogP contribution is 2.31. The summed E-state index contributed by atoms with van der Waals surface area (Å²) in [4.78, 5) is 14.0. The fourth-order valence-electron chi connectivity index (χ4n) is 4.76. The second kappa shape index (κ2) is 10.6. The molecule has 3 N–H and O–H groups in total. The number of ether oxygens (including phenoxy) is 1. The number of nitrogens with zero attached hydrogens (tertiary/aromatic N) is 2. The molecule has 190 valence electrons. The first kappa shape index (κ1) is 24.8. The lowest BCUT2D eigenvalue weighted by atomic mass is 9.99. The summed E-state index contributed by atoms with van der Waals surface area (Å²) < 4.78 is 9.63. The molecule has 0 saturated carbocycles. The number of aromatic nitrogens is 2. The van der Waals surface area contributed by atoms with E-state index in [2.05, 4.69) is 11.9 Å². The van der Waals surface area contributed by atoms with Gasteiger partial charge in [0.2, 0.25) is 0 Å². The number of hydrogen-bond acceptors (Lipinski definition) is 3. The van der Waals surface area contributed by atoms with Crippen LogP contribution in [0, 0.1) is 0 Å². The van der Waals surface area contributed by atoms with Crippen LogP contribution in [0.3, 0.4) is 0 Å². The van der Waals surface area contributed by atoms with Crippen LogP contribution < -0.4 is 20.4 Å². The number of methoxy groups -OCH3 is 1. The number of nitrogens with two attached hydrogens (primary N) is 1. The van der Waals surface area contributed by atoms with Gasteiger partial charge < -0.3 is 20.4 Å². The molecule has 0 fully saturated rings. The van der Waals surface area contributed by atoms with Gasteiger partial charge in [-0.3, -0.25) is 4.79 Å². The summed E-state index contributed by atoms with van der Waals surface area (Å²) in [5.74, 6) is 0.541. The largest absolute Gasteiger partial charge is 0.496 e. The van der Waals surface area contributed by atoms with Gasteiger partial charge in [-0.1, -0.05) is 61.2 Å². The molecule has 0 radical (unpaired) electrons. The second-order valence-corrected chi connectivity index (χ2v) is 9.35. The number of pyridine rings is 1. The zero-order valence-electron chi connectivity index (χ0n) is 21.6. The number of carbonyl (C=O) groups excluding carboxylic acids is 1. The van der Waals surface area contributed by atoms with E-state index in [0.29, 0.717) is 17.9 Å². The molecule has 0 saturated heterocycles. The van der Waals surface area contributed by atoms with Crippen molar-refractivity contribution in [3.8, 4) is 5.75 Å². The van der Waals surface area contributed by atoms with Crippen LogP contribution in [0.4, 0.5) is 0 Å². The Morgan fingerprint density at radius 2 is 1.68 bits per heavy atom. The van der Waals surface area contributed by atoms with Gasteiger partial charge in [0.1, 0.15) is 18.5 Å². The lowest BCUT2D eigenvalue weighted by Gasteiger charge is -2.20. The molecule has 2 heterocycles. The highest BCUT2D eigenvalue weighted by Gasteiger charge is 2.23. The van der Waals surface area contributed by atoms with Crippen molar-refractivity contribution in [2.24, 2.45) is 12.8 Å². The number of carbonyl (C=O) groups is 1. The van der Waals surface area contributed by atoms with Crippen LogP contribution in [0.1, 0.15) is 38.8 Å². The average molecular weight is 504 g/mol. The number of amides is 1. The SMILES string of the molecule is C=C(N)c1cccc(Cn2c(C(=O)NC(c3ccccc3)c3cc[n+](C)cc3)cc3c(OC)cccc32)c1. The Hall–Kier alpha value is -4.84. The van der Waals surface area contributed by atoms with E-state index in [9.17, 15) is 4.79 Å². The van der Waals surface area contributed by atoms with Gasteiger partial charge >= 0.3 is 0 Å². The van der Waals surface area contributed by atoms with Crippen molar-refractivity contribution in [3.05, 3.63) is 138 Å². The molecule has 0 aliphatic carbocycles. The maximum Gasteiger partial charge on any atom is 0.268 e. The number of nitrogens with one attached hydrogen (secondary N) is 1. The molecule has 6 heteroatoms. The molecule has 1 atom stereocenters. The molecular weight excluding hydrogens is 472 g/mol. The zero-order valence-corrected chi connectivity index (χ0v) is 21.6. The van der Waals surface area contributed by atoms with Gasteiger partial charge in [-0.05, 0) is 46.5 Å². The summed E-state index contributed by atoms with van der Waals surface area (Å²) in [6.07, 6.45) is 3.97. The zero-order chi connectivity index (χ0) is 26.6.